The molecule has 6 nitrogen and oxygen atoms in total. The molecule has 3 rings (SSSR count). The summed E-state index contributed by atoms with van der Waals surface area (Å²) in [5.41, 5.74) is 0. The van der Waals surface area contributed by atoms with Crippen LogP contribution in [0.3, 0.4) is 0 Å². The van der Waals surface area contributed by atoms with Gasteiger partial charge >= 0.3 is 0 Å². The summed E-state index contributed by atoms with van der Waals surface area (Å²) in [7, 11) is 0. The number of likely N-dealkylation sites (tertiary alicyclic amines) is 1. The van der Waals surface area contributed by atoms with Crippen molar-refractivity contribution >= 4 is 29.2 Å². The van der Waals surface area contributed by atoms with Gasteiger partial charge in [-0.1, -0.05) is 25.4 Å². The Hall–Kier alpha value is -1.82. The predicted molar refractivity (Wildman–Crippen MR) is 97.6 cm³/mol. The fraction of sp³-hybridized carbons (Fsp3) is 0.611. The van der Waals surface area contributed by atoms with Crippen molar-refractivity contribution in [1.29, 1.82) is 0 Å². The molecule has 2 amide bonds. The molecule has 136 valence electrons. The molecule has 2 fully saturated rings. The van der Waals surface area contributed by atoms with Crippen molar-refractivity contribution in [2.24, 2.45) is 5.92 Å². The molecule has 0 bridgehead atoms. The Labute approximate surface area is 153 Å². The molecule has 2 aliphatic heterocycles. The maximum absolute atomic E-state index is 12.9. The van der Waals surface area contributed by atoms with Crippen molar-refractivity contribution in [2.45, 2.75) is 32.7 Å². The van der Waals surface area contributed by atoms with Gasteiger partial charge in [0.25, 0.3) is 0 Å². The van der Waals surface area contributed by atoms with Crippen LogP contribution < -0.4 is 4.90 Å². The number of nitrogens with zero attached hydrogens (tertiary/aromatic N) is 4. The third kappa shape index (κ3) is 3.89. The van der Waals surface area contributed by atoms with E-state index >= 15 is 0 Å². The summed E-state index contributed by atoms with van der Waals surface area (Å²) in [4.78, 5) is 35.4. The number of hydrogen-bond acceptors (Lipinski definition) is 4. The fourth-order valence-corrected chi connectivity index (χ4v) is 3.65. The summed E-state index contributed by atoms with van der Waals surface area (Å²) in [5, 5.41) is 0.619. The first-order chi connectivity index (χ1) is 12.0. The Morgan fingerprint density at radius 2 is 1.88 bits per heavy atom. The lowest BCUT2D eigenvalue weighted by Crippen LogP contribution is -2.55. The fourth-order valence-electron chi connectivity index (χ4n) is 3.54. The van der Waals surface area contributed by atoms with Gasteiger partial charge in [-0.05, 0) is 25.0 Å². The van der Waals surface area contributed by atoms with Gasteiger partial charge < -0.3 is 14.7 Å². The average molecular weight is 365 g/mol. The number of carbonyl (C=O) groups excluding carboxylic acids is 2. The number of pyridine rings is 1. The Morgan fingerprint density at radius 3 is 2.48 bits per heavy atom. The minimum Gasteiger partial charge on any atom is -0.353 e. The van der Waals surface area contributed by atoms with Gasteiger partial charge in [0.15, 0.2) is 0 Å². The van der Waals surface area contributed by atoms with Gasteiger partial charge in [0.05, 0.1) is 5.02 Å². The van der Waals surface area contributed by atoms with E-state index in [1.807, 2.05) is 30.9 Å². The molecule has 1 unspecified atom stereocenters. The van der Waals surface area contributed by atoms with Crippen molar-refractivity contribution in [3.05, 3.63) is 23.4 Å². The second kappa shape index (κ2) is 7.60. The minimum absolute atomic E-state index is 0.0683. The van der Waals surface area contributed by atoms with Crippen LogP contribution in [0, 0.1) is 5.92 Å². The molecule has 25 heavy (non-hydrogen) atoms. The van der Waals surface area contributed by atoms with E-state index in [1.165, 1.54) is 0 Å². The second-order valence-electron chi connectivity index (χ2n) is 6.99. The van der Waals surface area contributed by atoms with E-state index in [1.54, 1.807) is 11.1 Å². The Balaban J connectivity index is 1.59. The molecule has 1 atom stereocenters. The van der Waals surface area contributed by atoms with Crippen LogP contribution in [-0.4, -0.2) is 65.4 Å². The number of aromatic nitrogens is 1. The molecule has 2 aliphatic rings. The smallest absolute Gasteiger partial charge is 0.245 e. The zero-order valence-electron chi connectivity index (χ0n) is 14.8. The van der Waals surface area contributed by atoms with Crippen molar-refractivity contribution in [1.82, 2.24) is 14.8 Å². The van der Waals surface area contributed by atoms with Crippen molar-refractivity contribution < 1.29 is 9.59 Å². The first-order valence-corrected chi connectivity index (χ1v) is 9.31. The Morgan fingerprint density at radius 1 is 1.16 bits per heavy atom. The van der Waals surface area contributed by atoms with Gasteiger partial charge in [-0.2, -0.15) is 0 Å². The first-order valence-electron chi connectivity index (χ1n) is 8.93. The molecule has 0 aliphatic carbocycles. The van der Waals surface area contributed by atoms with E-state index in [0.717, 1.165) is 31.7 Å². The summed E-state index contributed by atoms with van der Waals surface area (Å²) in [5.74, 6) is 0.991. The quantitative estimate of drug-likeness (QED) is 0.823. The normalized spacial score (nSPS) is 21.1. The SMILES string of the molecule is CC(C)C(=O)N1CCCC1C(=O)N1CCN(c2ccc(Cl)cn2)CC1. The molecule has 2 saturated heterocycles. The first kappa shape index (κ1) is 18.0. The largest absolute Gasteiger partial charge is 0.353 e. The molecular weight excluding hydrogens is 340 g/mol. The van der Waals surface area contributed by atoms with Gasteiger partial charge in [-0.3, -0.25) is 9.59 Å². The number of anilines is 1. The summed E-state index contributed by atoms with van der Waals surface area (Å²) in [6.45, 7) is 7.27. The maximum Gasteiger partial charge on any atom is 0.245 e. The number of halogens is 1. The molecule has 0 radical (unpaired) electrons. The van der Waals surface area contributed by atoms with Crippen LogP contribution in [0.25, 0.3) is 0 Å². The van der Waals surface area contributed by atoms with Crippen LogP contribution in [-0.2, 0) is 9.59 Å². The second-order valence-corrected chi connectivity index (χ2v) is 7.43. The van der Waals surface area contributed by atoms with Gasteiger partial charge in [-0.15, -0.1) is 0 Å². The average Bonchev–Trinajstić information content (AvgIpc) is 3.10. The molecule has 1 aromatic heterocycles. The van der Waals surface area contributed by atoms with Crippen LogP contribution in [0.4, 0.5) is 5.82 Å². The van der Waals surface area contributed by atoms with Crippen LogP contribution >= 0.6 is 11.6 Å². The third-order valence-electron chi connectivity index (χ3n) is 4.94. The van der Waals surface area contributed by atoms with E-state index in [-0.39, 0.29) is 23.8 Å². The van der Waals surface area contributed by atoms with Gasteiger partial charge in [0.1, 0.15) is 11.9 Å². The zero-order chi connectivity index (χ0) is 18.0. The number of piperazine rings is 1. The summed E-state index contributed by atoms with van der Waals surface area (Å²) >= 11 is 5.88. The van der Waals surface area contributed by atoms with Crippen molar-refractivity contribution in [3.63, 3.8) is 0 Å². The van der Waals surface area contributed by atoms with Crippen molar-refractivity contribution in [2.75, 3.05) is 37.6 Å². The topological polar surface area (TPSA) is 56.8 Å². The maximum atomic E-state index is 12.9. The highest BCUT2D eigenvalue weighted by atomic mass is 35.5. The standard InChI is InChI=1S/C18H25ClN4O2/c1-13(2)17(24)23-7-3-4-15(23)18(25)22-10-8-21(9-11-22)16-6-5-14(19)12-20-16/h5-6,12-13,15H,3-4,7-11H2,1-2H3. The highest BCUT2D eigenvalue weighted by Gasteiger charge is 2.37. The predicted octanol–water partition coefficient (Wildman–Crippen LogP) is 2.03. The van der Waals surface area contributed by atoms with Crippen LogP contribution in [0.1, 0.15) is 26.7 Å². The molecule has 0 aromatic carbocycles. The highest BCUT2D eigenvalue weighted by Crippen LogP contribution is 2.23. The number of amides is 2. The third-order valence-corrected chi connectivity index (χ3v) is 5.17. The molecule has 3 heterocycles. The highest BCUT2D eigenvalue weighted by molar-refractivity contribution is 6.30. The van der Waals surface area contributed by atoms with E-state index in [4.69, 9.17) is 11.6 Å². The van der Waals surface area contributed by atoms with Gasteiger partial charge in [0.2, 0.25) is 11.8 Å². The molecular formula is C18H25ClN4O2. The molecule has 0 saturated carbocycles. The monoisotopic (exact) mass is 364 g/mol. The molecule has 0 spiro atoms. The molecule has 1 aromatic rings. The summed E-state index contributed by atoms with van der Waals surface area (Å²) in [6, 6.07) is 3.45. The lowest BCUT2D eigenvalue weighted by Gasteiger charge is -2.38. The molecule has 0 N–H and O–H groups in total. The van der Waals surface area contributed by atoms with Crippen LogP contribution in [0.5, 0.6) is 0 Å². The van der Waals surface area contributed by atoms with Crippen LogP contribution in [0.2, 0.25) is 5.02 Å². The van der Waals surface area contributed by atoms with Crippen molar-refractivity contribution in [3.8, 4) is 0 Å². The van der Waals surface area contributed by atoms with Gasteiger partial charge in [0, 0.05) is 44.8 Å². The molecule has 7 heteroatoms. The Kier molecular flexibility index (Phi) is 5.47. The van der Waals surface area contributed by atoms with Crippen LogP contribution in [0.15, 0.2) is 18.3 Å². The van der Waals surface area contributed by atoms with E-state index in [0.29, 0.717) is 24.7 Å². The van der Waals surface area contributed by atoms with Gasteiger partial charge in [-0.25, -0.2) is 4.98 Å². The number of hydrogen-bond donors (Lipinski definition) is 0. The van der Waals surface area contributed by atoms with E-state index < -0.39 is 0 Å². The lowest BCUT2D eigenvalue weighted by molar-refractivity contribution is -0.145. The Bertz CT molecular complexity index is 626. The zero-order valence-corrected chi connectivity index (χ0v) is 15.6. The number of rotatable bonds is 3. The summed E-state index contributed by atoms with van der Waals surface area (Å²) < 4.78 is 0. The van der Waals surface area contributed by atoms with E-state index in [2.05, 4.69) is 9.88 Å². The summed E-state index contributed by atoms with van der Waals surface area (Å²) in [6.07, 6.45) is 3.32. The number of carbonyl (C=O) groups is 2. The lowest BCUT2D eigenvalue weighted by atomic mass is 10.1. The van der Waals surface area contributed by atoms with E-state index in [9.17, 15) is 9.59 Å². The minimum atomic E-state index is -0.282.